The van der Waals surface area contributed by atoms with Crippen LogP contribution in [0.3, 0.4) is 0 Å². The van der Waals surface area contributed by atoms with Gasteiger partial charge in [0.05, 0.1) is 16.1 Å². The standard InChI is InChI=1S/C15H13ClN4O2.2ClH/c16-12-6-11(15-18-8-14(21)19-20-15)3-4-13(12)22-9-10-2-1-5-17-7-10;;/h1-7H,8-9H2,(H,18,20)(H,19,21);2*1H. The largest absolute Gasteiger partial charge is 1.00 e. The van der Waals surface area contributed by atoms with Crippen LogP contribution in [0.15, 0.2) is 47.8 Å². The molecule has 2 aromatic rings. The van der Waals surface area contributed by atoms with Gasteiger partial charge < -0.3 is 29.6 Å². The second kappa shape index (κ2) is 9.44. The van der Waals surface area contributed by atoms with Crippen LogP contribution in [-0.4, -0.2) is 18.3 Å². The number of amidine groups is 1. The van der Waals surface area contributed by atoms with Gasteiger partial charge in [0.15, 0.2) is 18.9 Å². The summed E-state index contributed by atoms with van der Waals surface area (Å²) >= 11 is 6.25. The summed E-state index contributed by atoms with van der Waals surface area (Å²) in [5, 5.41) is 6.28. The van der Waals surface area contributed by atoms with Gasteiger partial charge in [-0.25, -0.2) is 10.4 Å². The molecule has 4 N–H and O–H groups in total. The summed E-state index contributed by atoms with van der Waals surface area (Å²) < 4.78 is 5.71. The van der Waals surface area contributed by atoms with Crippen molar-refractivity contribution in [2.75, 3.05) is 6.54 Å². The Morgan fingerprint density at radius 3 is 2.79 bits per heavy atom. The third-order valence-electron chi connectivity index (χ3n) is 3.18. The Kier molecular flexibility index (Phi) is 7.94. The number of rotatable bonds is 4. The van der Waals surface area contributed by atoms with Crippen molar-refractivity contribution in [1.29, 1.82) is 0 Å². The molecule has 24 heavy (non-hydrogen) atoms. The number of amides is 1. The van der Waals surface area contributed by atoms with Crippen molar-refractivity contribution in [2.45, 2.75) is 6.61 Å². The minimum absolute atomic E-state index is 0. The maximum absolute atomic E-state index is 11.1. The first kappa shape index (κ1) is 20.2. The third kappa shape index (κ3) is 5.07. The zero-order valence-electron chi connectivity index (χ0n) is 12.4. The Bertz CT molecular complexity index is 726. The monoisotopic (exact) mass is 388 g/mol. The summed E-state index contributed by atoms with van der Waals surface area (Å²) in [6, 6.07) is 9.32. The van der Waals surface area contributed by atoms with Crippen molar-refractivity contribution in [3.63, 3.8) is 0 Å². The zero-order chi connectivity index (χ0) is 15.4. The molecule has 1 aliphatic heterocycles. The van der Waals surface area contributed by atoms with Crippen LogP contribution in [0.2, 0.25) is 5.02 Å². The maximum atomic E-state index is 11.1. The minimum atomic E-state index is -0.116. The van der Waals surface area contributed by atoms with E-state index in [0.717, 1.165) is 11.1 Å². The van der Waals surface area contributed by atoms with E-state index in [2.05, 4.69) is 15.5 Å². The van der Waals surface area contributed by atoms with E-state index in [1.807, 2.05) is 30.6 Å². The van der Waals surface area contributed by atoms with Gasteiger partial charge in [0, 0.05) is 6.07 Å². The Balaban J connectivity index is 0.00000144. The summed E-state index contributed by atoms with van der Waals surface area (Å²) in [7, 11) is 0. The number of hydrazone groups is 1. The van der Waals surface area contributed by atoms with Crippen LogP contribution in [0.5, 0.6) is 5.75 Å². The van der Waals surface area contributed by atoms with E-state index in [-0.39, 0.29) is 30.7 Å². The first-order chi connectivity index (χ1) is 10.7. The van der Waals surface area contributed by atoms with Crippen molar-refractivity contribution in [2.24, 2.45) is 5.10 Å². The number of nitrogens with zero attached hydrogens (tertiary/aromatic N) is 1. The number of quaternary nitrogens is 1. The number of nitrogens with one attached hydrogen (secondary N) is 2. The number of H-pyrrole nitrogens is 1. The number of ether oxygens (including phenoxy) is 1. The number of pyridine rings is 1. The molecular weight excluding hydrogens is 375 g/mol. The number of nitrogens with two attached hydrogens (primary N) is 1. The first-order valence-electron chi connectivity index (χ1n) is 6.80. The van der Waals surface area contributed by atoms with Gasteiger partial charge in [-0.3, -0.25) is 10.1 Å². The number of halogens is 3. The molecule has 0 atom stereocenters. The highest BCUT2D eigenvalue weighted by atomic mass is 35.5. The molecular formula is C15H15Cl3N4O2. The Morgan fingerprint density at radius 2 is 2.17 bits per heavy atom. The van der Waals surface area contributed by atoms with Crippen molar-refractivity contribution in [1.82, 2.24) is 5.43 Å². The molecule has 0 radical (unpaired) electrons. The molecule has 1 aromatic carbocycles. The highest BCUT2D eigenvalue weighted by molar-refractivity contribution is 6.32. The van der Waals surface area contributed by atoms with Gasteiger partial charge >= 0.3 is 0 Å². The van der Waals surface area contributed by atoms with Gasteiger partial charge in [-0.05, 0) is 24.3 Å². The van der Waals surface area contributed by atoms with Crippen LogP contribution >= 0.6 is 11.6 Å². The number of carbonyl (C=O) groups is 1. The molecule has 1 aromatic heterocycles. The predicted octanol–water partition coefficient (Wildman–Crippen LogP) is -5.90. The molecule has 0 saturated heterocycles. The van der Waals surface area contributed by atoms with Crippen molar-refractivity contribution in [3.8, 4) is 5.75 Å². The van der Waals surface area contributed by atoms with Gasteiger partial charge in [0.1, 0.15) is 12.4 Å². The molecule has 3 rings (SSSR count). The Morgan fingerprint density at radius 1 is 1.33 bits per heavy atom. The van der Waals surface area contributed by atoms with E-state index in [1.54, 1.807) is 17.4 Å². The average Bonchev–Trinajstić information content (AvgIpc) is 2.55. The van der Waals surface area contributed by atoms with E-state index in [0.29, 0.717) is 29.8 Å². The van der Waals surface area contributed by atoms with E-state index in [9.17, 15) is 4.79 Å². The summed E-state index contributed by atoms with van der Waals surface area (Å²) in [6.45, 7) is 0.749. The van der Waals surface area contributed by atoms with Crippen LogP contribution in [0.1, 0.15) is 11.1 Å². The fourth-order valence-electron chi connectivity index (χ4n) is 2.04. The molecule has 0 spiro atoms. The molecule has 9 heteroatoms. The number of hydrogen-bond acceptors (Lipinski definition) is 3. The number of aromatic nitrogens is 1. The number of aromatic amines is 1. The third-order valence-corrected chi connectivity index (χ3v) is 3.47. The smallest absolute Gasteiger partial charge is 0.295 e. The first-order valence-corrected chi connectivity index (χ1v) is 7.17. The number of benzene rings is 1. The zero-order valence-corrected chi connectivity index (χ0v) is 14.7. The number of carbonyl (C=O) groups excluding carboxylic acids is 1. The summed E-state index contributed by atoms with van der Waals surface area (Å²) in [4.78, 5) is 14.1. The topological polar surface area (TPSA) is 81.4 Å². The van der Waals surface area contributed by atoms with Gasteiger partial charge in [-0.1, -0.05) is 11.6 Å². The van der Waals surface area contributed by atoms with Gasteiger partial charge in [-0.15, -0.1) is 5.10 Å². The highest BCUT2D eigenvalue weighted by Crippen LogP contribution is 2.26. The number of hydrogen-bond donors (Lipinski definition) is 2. The van der Waals surface area contributed by atoms with Crippen LogP contribution < -0.4 is 45.3 Å². The minimum Gasteiger partial charge on any atom is -1.00 e. The molecule has 1 aliphatic rings. The lowest BCUT2D eigenvalue weighted by molar-refractivity contribution is -0.529. The molecule has 0 saturated carbocycles. The van der Waals surface area contributed by atoms with Gasteiger partial charge in [-0.2, -0.15) is 0 Å². The van der Waals surface area contributed by atoms with Crippen LogP contribution in [-0.2, 0) is 11.4 Å². The molecule has 0 fully saturated rings. The second-order valence-electron chi connectivity index (χ2n) is 4.79. The molecule has 0 aliphatic carbocycles. The second-order valence-corrected chi connectivity index (χ2v) is 5.19. The quantitative estimate of drug-likeness (QED) is 0.546. The van der Waals surface area contributed by atoms with Gasteiger partial charge in [0.2, 0.25) is 5.84 Å². The normalized spacial score (nSPS) is 13.0. The van der Waals surface area contributed by atoms with E-state index in [4.69, 9.17) is 16.3 Å². The predicted molar refractivity (Wildman–Crippen MR) is 80.3 cm³/mol. The lowest BCUT2D eigenvalue weighted by Gasteiger charge is -2.11. The van der Waals surface area contributed by atoms with Gasteiger partial charge in [0.25, 0.3) is 5.91 Å². The molecule has 6 nitrogen and oxygen atoms in total. The van der Waals surface area contributed by atoms with Crippen molar-refractivity contribution >= 4 is 23.3 Å². The van der Waals surface area contributed by atoms with Crippen LogP contribution in [0.25, 0.3) is 0 Å². The summed E-state index contributed by atoms with van der Waals surface area (Å²) in [5.74, 6) is 1.19. The fraction of sp³-hybridized carbons (Fsp3) is 0.133. The lowest BCUT2D eigenvalue weighted by atomic mass is 10.2. The summed E-state index contributed by atoms with van der Waals surface area (Å²) in [5.41, 5.74) is 4.31. The van der Waals surface area contributed by atoms with Crippen LogP contribution in [0.4, 0.5) is 0 Å². The van der Waals surface area contributed by atoms with E-state index in [1.165, 1.54) is 0 Å². The van der Waals surface area contributed by atoms with E-state index >= 15 is 0 Å². The maximum Gasteiger partial charge on any atom is 0.295 e. The lowest BCUT2D eigenvalue weighted by Crippen LogP contribution is -3.00. The molecule has 0 unspecified atom stereocenters. The highest BCUT2D eigenvalue weighted by Gasteiger charge is 2.18. The Hall–Kier alpha value is -1.86. The van der Waals surface area contributed by atoms with Crippen molar-refractivity contribution < 1.29 is 44.6 Å². The van der Waals surface area contributed by atoms with E-state index < -0.39 is 0 Å². The molecule has 2 heterocycles. The van der Waals surface area contributed by atoms with Crippen LogP contribution in [0, 0.1) is 0 Å². The van der Waals surface area contributed by atoms with Crippen molar-refractivity contribution in [3.05, 3.63) is 58.9 Å². The summed E-state index contributed by atoms with van der Waals surface area (Å²) in [6.07, 6.45) is 3.71. The average molecular weight is 390 g/mol. The molecule has 128 valence electrons. The molecule has 0 bridgehead atoms. The fourth-order valence-corrected chi connectivity index (χ4v) is 2.28. The molecule has 1 amide bonds. The Labute approximate surface area is 156 Å². The SMILES string of the molecule is O=C1C[NH2+]C(c2ccc(OCc3ccc[nH+]c3)c(Cl)c2)=NN1.[Cl-].[Cl-].